The molecule has 3 aromatic rings. The lowest BCUT2D eigenvalue weighted by Gasteiger charge is -2.35. The van der Waals surface area contributed by atoms with Gasteiger partial charge in [-0.1, -0.05) is 5.16 Å². The molecule has 3 aromatic heterocycles. The van der Waals surface area contributed by atoms with Gasteiger partial charge in [-0.2, -0.15) is 5.10 Å². The predicted octanol–water partition coefficient (Wildman–Crippen LogP) is 2.45. The van der Waals surface area contributed by atoms with Crippen LogP contribution in [0.5, 0.6) is 0 Å². The van der Waals surface area contributed by atoms with E-state index in [9.17, 15) is 9.59 Å². The van der Waals surface area contributed by atoms with Gasteiger partial charge in [0.2, 0.25) is 5.91 Å². The molecule has 1 aliphatic heterocycles. The van der Waals surface area contributed by atoms with Crippen molar-refractivity contribution in [1.29, 1.82) is 0 Å². The first-order chi connectivity index (χ1) is 14.8. The fourth-order valence-corrected chi connectivity index (χ4v) is 4.04. The van der Waals surface area contributed by atoms with E-state index in [4.69, 9.17) is 4.52 Å². The molecule has 1 fully saturated rings. The average molecular weight is 425 g/mol. The fraction of sp³-hybridized carbons (Fsp3) is 0.500. The third kappa shape index (κ3) is 3.92. The number of aryl methyl sites for hydroxylation is 3. The standard InChI is InChI=1S/C22H28N6O3/c1-13(2)28-21-19(12-23-28)18(10-14(3)24-21)22(30)27-8-6-26(7-9-27)20(29)11-17-15(4)25-31-16(17)5/h10,12-13H,6-9,11H2,1-5H3. The van der Waals surface area contributed by atoms with Crippen LogP contribution in [0, 0.1) is 20.8 Å². The zero-order valence-electron chi connectivity index (χ0n) is 18.7. The number of rotatable bonds is 4. The number of amides is 2. The van der Waals surface area contributed by atoms with Crippen LogP contribution in [0.3, 0.4) is 0 Å². The van der Waals surface area contributed by atoms with Gasteiger partial charge in [-0.3, -0.25) is 9.59 Å². The lowest BCUT2D eigenvalue weighted by atomic mass is 10.1. The molecule has 4 rings (SSSR count). The van der Waals surface area contributed by atoms with Crippen molar-refractivity contribution >= 4 is 22.8 Å². The van der Waals surface area contributed by atoms with Crippen LogP contribution in [-0.4, -0.2) is 67.7 Å². The first kappa shape index (κ1) is 21.0. The summed E-state index contributed by atoms with van der Waals surface area (Å²) in [6, 6.07) is 1.98. The highest BCUT2D eigenvalue weighted by atomic mass is 16.5. The summed E-state index contributed by atoms with van der Waals surface area (Å²) in [4.78, 5) is 34.2. The van der Waals surface area contributed by atoms with Gasteiger partial charge in [0.05, 0.1) is 29.3 Å². The molecule has 0 atom stereocenters. The summed E-state index contributed by atoms with van der Waals surface area (Å²) >= 11 is 0. The fourth-order valence-electron chi connectivity index (χ4n) is 4.04. The molecular weight excluding hydrogens is 396 g/mol. The molecule has 31 heavy (non-hydrogen) atoms. The molecule has 0 aromatic carbocycles. The highest BCUT2D eigenvalue weighted by Gasteiger charge is 2.28. The molecule has 4 heterocycles. The molecule has 1 aliphatic rings. The van der Waals surface area contributed by atoms with Crippen LogP contribution in [0.25, 0.3) is 11.0 Å². The van der Waals surface area contributed by atoms with Gasteiger partial charge in [0, 0.05) is 43.5 Å². The Labute approximate surface area is 181 Å². The first-order valence-corrected chi connectivity index (χ1v) is 10.6. The van der Waals surface area contributed by atoms with E-state index in [1.54, 1.807) is 16.0 Å². The number of hydrogen-bond donors (Lipinski definition) is 0. The van der Waals surface area contributed by atoms with Gasteiger partial charge in [-0.05, 0) is 40.7 Å². The van der Waals surface area contributed by atoms with Crippen molar-refractivity contribution in [3.05, 3.63) is 40.5 Å². The van der Waals surface area contributed by atoms with Gasteiger partial charge in [-0.15, -0.1) is 0 Å². The van der Waals surface area contributed by atoms with Crippen LogP contribution in [0.1, 0.15) is 53.0 Å². The average Bonchev–Trinajstić information content (AvgIpc) is 3.31. The topological polar surface area (TPSA) is 97.4 Å². The highest BCUT2D eigenvalue weighted by molar-refractivity contribution is 6.05. The van der Waals surface area contributed by atoms with E-state index in [-0.39, 0.29) is 24.3 Å². The Bertz CT molecular complexity index is 1120. The second-order valence-corrected chi connectivity index (χ2v) is 8.38. The molecule has 0 aliphatic carbocycles. The number of aromatic nitrogens is 4. The zero-order chi connectivity index (χ0) is 22.3. The smallest absolute Gasteiger partial charge is 0.254 e. The normalized spacial score (nSPS) is 14.6. The van der Waals surface area contributed by atoms with Crippen molar-refractivity contribution in [2.24, 2.45) is 0 Å². The maximum absolute atomic E-state index is 13.3. The molecule has 9 nitrogen and oxygen atoms in total. The molecule has 0 radical (unpaired) electrons. The second kappa shape index (κ2) is 8.13. The van der Waals surface area contributed by atoms with Crippen LogP contribution in [0.2, 0.25) is 0 Å². The minimum atomic E-state index is -0.0448. The molecule has 0 spiro atoms. The van der Waals surface area contributed by atoms with Gasteiger partial charge in [0.15, 0.2) is 5.65 Å². The Morgan fingerprint density at radius 2 is 1.77 bits per heavy atom. The number of pyridine rings is 1. The second-order valence-electron chi connectivity index (χ2n) is 8.38. The third-order valence-corrected chi connectivity index (χ3v) is 5.84. The van der Waals surface area contributed by atoms with E-state index in [1.807, 2.05) is 45.4 Å². The van der Waals surface area contributed by atoms with Crippen LogP contribution in [0.15, 0.2) is 16.8 Å². The minimum absolute atomic E-state index is 0.0295. The number of carbonyl (C=O) groups excluding carboxylic acids is 2. The Morgan fingerprint density at radius 1 is 1.10 bits per heavy atom. The van der Waals surface area contributed by atoms with E-state index in [0.717, 1.165) is 28.0 Å². The lowest BCUT2D eigenvalue weighted by Crippen LogP contribution is -2.51. The lowest BCUT2D eigenvalue weighted by molar-refractivity contribution is -0.131. The number of hydrogen-bond acceptors (Lipinski definition) is 6. The maximum Gasteiger partial charge on any atom is 0.254 e. The van der Waals surface area contributed by atoms with Crippen LogP contribution >= 0.6 is 0 Å². The number of carbonyl (C=O) groups is 2. The van der Waals surface area contributed by atoms with Crippen molar-refractivity contribution in [1.82, 2.24) is 29.7 Å². The van der Waals surface area contributed by atoms with E-state index in [1.165, 1.54) is 0 Å². The maximum atomic E-state index is 13.3. The molecule has 0 bridgehead atoms. The predicted molar refractivity (Wildman–Crippen MR) is 115 cm³/mol. The van der Waals surface area contributed by atoms with Crippen LogP contribution in [-0.2, 0) is 11.2 Å². The van der Waals surface area contributed by atoms with E-state index in [0.29, 0.717) is 37.5 Å². The van der Waals surface area contributed by atoms with Crippen molar-refractivity contribution in [3.63, 3.8) is 0 Å². The molecular formula is C22H28N6O3. The summed E-state index contributed by atoms with van der Waals surface area (Å²) in [7, 11) is 0. The van der Waals surface area contributed by atoms with Crippen LogP contribution in [0.4, 0.5) is 0 Å². The molecule has 0 saturated carbocycles. The Hall–Kier alpha value is -3.23. The summed E-state index contributed by atoms with van der Waals surface area (Å²) in [6.07, 6.45) is 1.99. The van der Waals surface area contributed by atoms with Gasteiger partial charge in [0.25, 0.3) is 5.91 Å². The summed E-state index contributed by atoms with van der Waals surface area (Å²) in [5, 5.41) is 9.11. The minimum Gasteiger partial charge on any atom is -0.361 e. The van der Waals surface area contributed by atoms with Crippen LogP contribution < -0.4 is 0 Å². The van der Waals surface area contributed by atoms with Crippen molar-refractivity contribution in [3.8, 4) is 0 Å². The number of nitrogens with zero attached hydrogens (tertiary/aromatic N) is 6. The van der Waals surface area contributed by atoms with Gasteiger partial charge >= 0.3 is 0 Å². The highest BCUT2D eigenvalue weighted by Crippen LogP contribution is 2.23. The summed E-state index contributed by atoms with van der Waals surface area (Å²) in [5.41, 5.74) is 3.72. The molecule has 0 N–H and O–H groups in total. The number of piperazine rings is 1. The summed E-state index contributed by atoms with van der Waals surface area (Å²) in [5.74, 6) is 0.664. The van der Waals surface area contributed by atoms with Gasteiger partial charge in [-0.25, -0.2) is 9.67 Å². The van der Waals surface area contributed by atoms with E-state index < -0.39 is 0 Å². The van der Waals surface area contributed by atoms with E-state index in [2.05, 4.69) is 15.2 Å². The van der Waals surface area contributed by atoms with Crippen molar-refractivity contribution in [2.75, 3.05) is 26.2 Å². The third-order valence-electron chi connectivity index (χ3n) is 5.84. The molecule has 1 saturated heterocycles. The van der Waals surface area contributed by atoms with Gasteiger partial charge < -0.3 is 14.3 Å². The summed E-state index contributed by atoms with van der Waals surface area (Å²) in [6.45, 7) is 11.6. The Kier molecular flexibility index (Phi) is 5.51. The molecule has 164 valence electrons. The SMILES string of the molecule is Cc1cc(C(=O)N2CCN(C(=O)Cc3c(C)noc3C)CC2)c2cnn(C(C)C)c2n1. The Balaban J connectivity index is 1.47. The Morgan fingerprint density at radius 3 is 2.39 bits per heavy atom. The van der Waals surface area contributed by atoms with E-state index >= 15 is 0 Å². The molecule has 2 amide bonds. The first-order valence-electron chi connectivity index (χ1n) is 10.6. The molecule has 0 unspecified atom stereocenters. The quantitative estimate of drug-likeness (QED) is 0.638. The monoisotopic (exact) mass is 424 g/mol. The number of fused-ring (bicyclic) bond motifs is 1. The van der Waals surface area contributed by atoms with Crippen molar-refractivity contribution in [2.45, 2.75) is 47.1 Å². The van der Waals surface area contributed by atoms with Crippen molar-refractivity contribution < 1.29 is 14.1 Å². The zero-order valence-corrected chi connectivity index (χ0v) is 18.7. The molecule has 9 heteroatoms. The summed E-state index contributed by atoms with van der Waals surface area (Å²) < 4.78 is 6.99. The van der Waals surface area contributed by atoms with Gasteiger partial charge in [0.1, 0.15) is 5.76 Å². The largest absolute Gasteiger partial charge is 0.361 e.